The fraction of sp³-hybridized carbons (Fsp3) is 0.458. The average molecular weight is 456 g/mol. The van der Waals surface area contributed by atoms with Crippen LogP contribution in [-0.4, -0.2) is 40.7 Å². The maximum atomic E-state index is 13.3. The van der Waals surface area contributed by atoms with Gasteiger partial charge in [0.05, 0.1) is 30.8 Å². The van der Waals surface area contributed by atoms with Gasteiger partial charge in [-0.1, -0.05) is 23.9 Å². The van der Waals surface area contributed by atoms with Crippen molar-refractivity contribution in [1.82, 2.24) is 10.2 Å². The molecule has 0 saturated heterocycles. The molecule has 1 atom stereocenters. The number of amidine groups is 1. The molecule has 1 saturated carbocycles. The zero-order chi connectivity index (χ0) is 23.0. The lowest BCUT2D eigenvalue weighted by molar-refractivity contribution is -0.150. The number of aliphatic imine (C=N–C) groups is 1. The van der Waals surface area contributed by atoms with Crippen LogP contribution in [0.15, 0.2) is 51.6 Å². The molecule has 3 aliphatic rings. The van der Waals surface area contributed by atoms with E-state index in [0.717, 1.165) is 35.0 Å². The van der Waals surface area contributed by atoms with Crippen molar-refractivity contribution < 1.29 is 19.1 Å². The molecule has 1 fully saturated rings. The fourth-order valence-corrected chi connectivity index (χ4v) is 4.70. The molecule has 32 heavy (non-hydrogen) atoms. The summed E-state index contributed by atoms with van der Waals surface area (Å²) in [5.74, 6) is 0.310. The SMILES string of the molecule is COc1ccc(C2C(C(=O)OC(C)(C)C)=C(C)N=C3SC=C(CC(=O)NC4CC4)N32)cc1. The van der Waals surface area contributed by atoms with Crippen molar-refractivity contribution in [3.05, 3.63) is 52.2 Å². The number of amides is 1. The van der Waals surface area contributed by atoms with E-state index in [1.54, 1.807) is 7.11 Å². The summed E-state index contributed by atoms with van der Waals surface area (Å²) in [7, 11) is 1.62. The molecule has 1 aliphatic carbocycles. The number of benzene rings is 1. The van der Waals surface area contributed by atoms with Crippen molar-refractivity contribution in [3.63, 3.8) is 0 Å². The smallest absolute Gasteiger partial charge is 0.338 e. The number of carbonyl (C=O) groups excluding carboxylic acids is 2. The number of fused-ring (bicyclic) bond motifs is 1. The summed E-state index contributed by atoms with van der Waals surface area (Å²) in [6, 6.07) is 7.47. The van der Waals surface area contributed by atoms with Crippen LogP contribution in [-0.2, 0) is 14.3 Å². The summed E-state index contributed by atoms with van der Waals surface area (Å²) in [5.41, 5.74) is 2.18. The third-order valence-electron chi connectivity index (χ3n) is 5.34. The van der Waals surface area contributed by atoms with Gasteiger partial charge in [0.2, 0.25) is 5.91 Å². The Balaban J connectivity index is 1.71. The third kappa shape index (κ3) is 4.85. The van der Waals surface area contributed by atoms with Gasteiger partial charge in [-0.05, 0) is 63.6 Å². The van der Waals surface area contributed by atoms with Crippen molar-refractivity contribution in [2.24, 2.45) is 4.99 Å². The fourth-order valence-electron chi connectivity index (χ4n) is 3.74. The number of hydrogen-bond acceptors (Lipinski definition) is 7. The second-order valence-corrected chi connectivity index (χ2v) is 10.0. The van der Waals surface area contributed by atoms with E-state index < -0.39 is 17.6 Å². The molecule has 0 bridgehead atoms. The van der Waals surface area contributed by atoms with Gasteiger partial charge in [0.15, 0.2) is 5.17 Å². The zero-order valence-electron chi connectivity index (χ0n) is 19.1. The molecule has 1 unspecified atom stereocenters. The standard InChI is InChI=1S/C24H29N3O4S/c1-14-20(22(29)31-24(2,3)4)21(15-6-10-18(30-5)11-7-15)27-17(13-32-23(27)25-14)12-19(28)26-16-8-9-16/h6-7,10-11,13,16,21H,8-9,12H2,1-5H3,(H,26,28). The minimum atomic E-state index is -0.638. The minimum absolute atomic E-state index is 0.0147. The van der Waals surface area contributed by atoms with Crippen LogP contribution in [0.1, 0.15) is 58.6 Å². The first-order valence-corrected chi connectivity index (χ1v) is 11.7. The van der Waals surface area contributed by atoms with E-state index in [9.17, 15) is 9.59 Å². The Morgan fingerprint density at radius 1 is 1.22 bits per heavy atom. The molecule has 1 aromatic carbocycles. The average Bonchev–Trinajstić information content (AvgIpc) is 3.45. The number of allylic oxidation sites excluding steroid dienone is 1. The van der Waals surface area contributed by atoms with Crippen LogP contribution < -0.4 is 10.1 Å². The first kappa shape index (κ1) is 22.5. The number of ether oxygens (including phenoxy) is 2. The molecule has 0 radical (unpaired) electrons. The van der Waals surface area contributed by atoms with Crippen molar-refractivity contribution in [2.75, 3.05) is 7.11 Å². The Morgan fingerprint density at radius 3 is 2.50 bits per heavy atom. The van der Waals surface area contributed by atoms with E-state index in [4.69, 9.17) is 14.5 Å². The second-order valence-electron chi connectivity index (χ2n) is 9.19. The lowest BCUT2D eigenvalue weighted by atomic mass is 9.93. The monoisotopic (exact) mass is 455 g/mol. The lowest BCUT2D eigenvalue weighted by Gasteiger charge is -2.37. The number of methoxy groups -OCH3 is 1. The Kier molecular flexibility index (Phi) is 6.07. The van der Waals surface area contributed by atoms with E-state index in [2.05, 4.69) is 5.32 Å². The number of esters is 1. The topological polar surface area (TPSA) is 80.2 Å². The van der Waals surface area contributed by atoms with Crippen LogP contribution >= 0.6 is 11.8 Å². The second kappa shape index (κ2) is 8.65. The number of rotatable bonds is 6. The van der Waals surface area contributed by atoms with E-state index in [0.29, 0.717) is 17.3 Å². The van der Waals surface area contributed by atoms with Gasteiger partial charge < -0.3 is 19.7 Å². The van der Waals surface area contributed by atoms with E-state index in [1.165, 1.54) is 11.8 Å². The van der Waals surface area contributed by atoms with Crippen molar-refractivity contribution >= 4 is 28.8 Å². The molecule has 1 aromatic rings. The molecule has 2 aliphatic heterocycles. The highest BCUT2D eigenvalue weighted by atomic mass is 32.2. The van der Waals surface area contributed by atoms with Gasteiger partial charge in [0.25, 0.3) is 0 Å². The summed E-state index contributed by atoms with van der Waals surface area (Å²) >= 11 is 1.47. The third-order valence-corrected chi connectivity index (χ3v) is 6.22. The van der Waals surface area contributed by atoms with Crippen LogP contribution in [0.5, 0.6) is 5.75 Å². The highest BCUT2D eigenvalue weighted by molar-refractivity contribution is 8.16. The van der Waals surface area contributed by atoms with Gasteiger partial charge in [-0.2, -0.15) is 0 Å². The summed E-state index contributed by atoms with van der Waals surface area (Å²) < 4.78 is 11.1. The van der Waals surface area contributed by atoms with E-state index in [-0.39, 0.29) is 12.3 Å². The summed E-state index contributed by atoms with van der Waals surface area (Å²) in [6.45, 7) is 7.37. The highest BCUT2D eigenvalue weighted by Gasteiger charge is 2.42. The quantitative estimate of drug-likeness (QED) is 0.645. The first-order chi connectivity index (χ1) is 15.2. The number of nitrogens with one attached hydrogen (secondary N) is 1. The van der Waals surface area contributed by atoms with Crippen molar-refractivity contribution in [2.45, 2.75) is 64.6 Å². The Bertz CT molecular complexity index is 1020. The molecule has 2 heterocycles. The van der Waals surface area contributed by atoms with Gasteiger partial charge in [0, 0.05) is 11.7 Å². The van der Waals surface area contributed by atoms with Crippen LogP contribution in [0, 0.1) is 0 Å². The molecule has 4 rings (SSSR count). The number of carbonyl (C=O) groups is 2. The molecule has 1 amide bonds. The van der Waals surface area contributed by atoms with E-state index in [1.807, 2.05) is 62.3 Å². The maximum Gasteiger partial charge on any atom is 0.338 e. The number of thioether (sulfide) groups is 1. The lowest BCUT2D eigenvalue weighted by Crippen LogP contribution is -2.39. The van der Waals surface area contributed by atoms with Crippen LogP contribution in [0.2, 0.25) is 0 Å². The molecule has 0 aromatic heterocycles. The molecular formula is C24H29N3O4S. The summed E-state index contributed by atoms with van der Waals surface area (Å²) in [5, 5.41) is 5.75. The highest BCUT2D eigenvalue weighted by Crippen LogP contribution is 2.45. The predicted octanol–water partition coefficient (Wildman–Crippen LogP) is 4.28. The van der Waals surface area contributed by atoms with Gasteiger partial charge in [-0.3, -0.25) is 4.79 Å². The van der Waals surface area contributed by atoms with Gasteiger partial charge in [-0.15, -0.1) is 0 Å². The minimum Gasteiger partial charge on any atom is -0.497 e. The Labute approximate surface area is 192 Å². The van der Waals surface area contributed by atoms with Crippen molar-refractivity contribution in [3.8, 4) is 5.75 Å². The Morgan fingerprint density at radius 2 is 1.91 bits per heavy atom. The van der Waals surface area contributed by atoms with Gasteiger partial charge >= 0.3 is 5.97 Å². The molecule has 1 N–H and O–H groups in total. The number of nitrogens with zero attached hydrogens (tertiary/aromatic N) is 2. The summed E-state index contributed by atoms with van der Waals surface area (Å²) in [4.78, 5) is 32.6. The van der Waals surface area contributed by atoms with Crippen LogP contribution in [0.4, 0.5) is 0 Å². The Hall–Kier alpha value is -2.74. The molecule has 8 heteroatoms. The molecular weight excluding hydrogens is 426 g/mol. The first-order valence-electron chi connectivity index (χ1n) is 10.8. The van der Waals surface area contributed by atoms with Gasteiger partial charge in [0.1, 0.15) is 11.4 Å². The van der Waals surface area contributed by atoms with Gasteiger partial charge in [-0.25, -0.2) is 9.79 Å². The molecule has 7 nitrogen and oxygen atoms in total. The largest absolute Gasteiger partial charge is 0.497 e. The summed E-state index contributed by atoms with van der Waals surface area (Å²) in [6.07, 6.45) is 2.31. The van der Waals surface area contributed by atoms with E-state index >= 15 is 0 Å². The van der Waals surface area contributed by atoms with Crippen LogP contribution in [0.3, 0.4) is 0 Å². The maximum absolute atomic E-state index is 13.3. The molecule has 0 spiro atoms. The van der Waals surface area contributed by atoms with Crippen molar-refractivity contribution in [1.29, 1.82) is 0 Å². The normalized spacial score (nSPS) is 20.4. The number of hydrogen-bond donors (Lipinski definition) is 1. The molecule has 170 valence electrons. The van der Waals surface area contributed by atoms with Crippen LogP contribution in [0.25, 0.3) is 0 Å². The zero-order valence-corrected chi connectivity index (χ0v) is 19.9. The predicted molar refractivity (Wildman–Crippen MR) is 125 cm³/mol.